The van der Waals surface area contributed by atoms with E-state index in [-0.39, 0.29) is 18.4 Å². The first kappa shape index (κ1) is 14.6. The largest absolute Gasteiger partial charge is 0.345 e. The first-order chi connectivity index (χ1) is 9.74. The molecule has 1 aliphatic heterocycles. The lowest BCUT2D eigenvalue weighted by molar-refractivity contribution is -0.146. The van der Waals surface area contributed by atoms with Crippen molar-refractivity contribution in [2.45, 2.75) is 38.6 Å². The quantitative estimate of drug-likeness (QED) is 0.809. The normalized spacial score (nSPS) is 19.1. The Kier molecular flexibility index (Phi) is 5.16. The van der Waals surface area contributed by atoms with Crippen LogP contribution in [0.3, 0.4) is 0 Å². The Hall–Kier alpha value is -1.84. The van der Waals surface area contributed by atoms with Crippen LogP contribution in [0.25, 0.3) is 0 Å². The highest BCUT2D eigenvalue weighted by Gasteiger charge is 2.34. The van der Waals surface area contributed by atoms with Gasteiger partial charge in [-0.3, -0.25) is 9.59 Å². The van der Waals surface area contributed by atoms with Gasteiger partial charge in [0.2, 0.25) is 11.8 Å². The van der Waals surface area contributed by atoms with Gasteiger partial charge < -0.3 is 10.2 Å². The maximum Gasteiger partial charge on any atom is 0.247 e. The summed E-state index contributed by atoms with van der Waals surface area (Å²) in [6, 6.07) is 9.05. The lowest BCUT2D eigenvalue weighted by Crippen LogP contribution is -2.53. The summed E-state index contributed by atoms with van der Waals surface area (Å²) in [5.41, 5.74) is 0.883. The van der Waals surface area contributed by atoms with Gasteiger partial charge in [0.1, 0.15) is 6.04 Å². The minimum atomic E-state index is -0.473. The van der Waals surface area contributed by atoms with Crippen molar-refractivity contribution in [1.82, 2.24) is 10.2 Å². The van der Waals surface area contributed by atoms with E-state index in [0.29, 0.717) is 6.54 Å². The fraction of sp³-hybridized carbons (Fsp3) is 0.500. The number of hydrogen-bond donors (Lipinski definition) is 1. The molecule has 1 saturated heterocycles. The maximum absolute atomic E-state index is 12.1. The average molecular weight is 274 g/mol. The zero-order chi connectivity index (χ0) is 14.4. The van der Waals surface area contributed by atoms with Crippen LogP contribution >= 0.6 is 0 Å². The van der Waals surface area contributed by atoms with Crippen molar-refractivity contribution in [1.29, 1.82) is 0 Å². The van der Waals surface area contributed by atoms with Gasteiger partial charge in [-0.1, -0.05) is 56.5 Å². The van der Waals surface area contributed by atoms with E-state index < -0.39 is 6.04 Å². The van der Waals surface area contributed by atoms with E-state index in [4.69, 9.17) is 0 Å². The second-order valence-corrected chi connectivity index (χ2v) is 5.18. The predicted molar refractivity (Wildman–Crippen MR) is 78.0 cm³/mol. The van der Waals surface area contributed by atoms with Crippen LogP contribution in [0.1, 0.15) is 44.2 Å². The molecule has 0 aliphatic carbocycles. The van der Waals surface area contributed by atoms with Crippen LogP contribution in [0.2, 0.25) is 0 Å². The van der Waals surface area contributed by atoms with E-state index in [9.17, 15) is 9.59 Å². The average Bonchev–Trinajstić information content (AvgIpc) is 2.48. The molecule has 1 fully saturated rings. The molecular formula is C16H22N2O2. The first-order valence-electron chi connectivity index (χ1n) is 7.36. The summed E-state index contributed by atoms with van der Waals surface area (Å²) in [5, 5.41) is 2.68. The van der Waals surface area contributed by atoms with Gasteiger partial charge in [0.15, 0.2) is 0 Å². The van der Waals surface area contributed by atoms with Gasteiger partial charge in [0.25, 0.3) is 0 Å². The van der Waals surface area contributed by atoms with E-state index in [1.54, 1.807) is 4.90 Å². The molecule has 1 aromatic carbocycles. The van der Waals surface area contributed by atoms with Crippen molar-refractivity contribution >= 4 is 11.8 Å². The summed E-state index contributed by atoms with van der Waals surface area (Å²) in [6.07, 6.45) is 4.39. The van der Waals surface area contributed by atoms with Gasteiger partial charge >= 0.3 is 0 Å². The number of carbonyl (C=O) groups excluding carboxylic acids is 2. The number of carbonyl (C=O) groups is 2. The Labute approximate surface area is 120 Å². The van der Waals surface area contributed by atoms with Crippen molar-refractivity contribution in [2.24, 2.45) is 0 Å². The molecule has 1 heterocycles. The maximum atomic E-state index is 12.1. The molecule has 4 nitrogen and oxygen atoms in total. The third-order valence-electron chi connectivity index (χ3n) is 3.66. The number of unbranched alkanes of at least 4 members (excludes halogenated alkanes) is 3. The van der Waals surface area contributed by atoms with E-state index in [2.05, 4.69) is 12.2 Å². The Morgan fingerprint density at radius 3 is 2.60 bits per heavy atom. The second-order valence-electron chi connectivity index (χ2n) is 5.18. The lowest BCUT2D eigenvalue weighted by atomic mass is 10.0. The zero-order valence-corrected chi connectivity index (χ0v) is 12.0. The Balaban J connectivity index is 2.11. The van der Waals surface area contributed by atoms with Crippen LogP contribution in [-0.4, -0.2) is 29.8 Å². The number of nitrogens with one attached hydrogen (secondary N) is 1. The molecule has 2 rings (SSSR count). The van der Waals surface area contributed by atoms with Gasteiger partial charge in [-0.15, -0.1) is 0 Å². The minimum absolute atomic E-state index is 0.00921. The number of piperazine rings is 1. The van der Waals surface area contributed by atoms with Gasteiger partial charge in [-0.2, -0.15) is 0 Å². The van der Waals surface area contributed by atoms with Crippen molar-refractivity contribution in [3.05, 3.63) is 35.9 Å². The number of hydrogen-bond acceptors (Lipinski definition) is 2. The molecular weight excluding hydrogens is 252 g/mol. The standard InChI is InChI=1S/C16H22N2O2/c1-2-3-4-8-11-18-14(19)12-17-16(20)15(18)13-9-6-5-7-10-13/h5-7,9-10,15H,2-4,8,11-12H2,1H3,(H,17,20). The monoisotopic (exact) mass is 274 g/mol. The molecule has 2 amide bonds. The lowest BCUT2D eigenvalue weighted by Gasteiger charge is -2.35. The molecule has 1 aliphatic rings. The summed E-state index contributed by atoms with van der Waals surface area (Å²) in [5.74, 6) is -0.0683. The molecule has 1 N–H and O–H groups in total. The number of benzene rings is 1. The highest BCUT2D eigenvalue weighted by molar-refractivity contribution is 5.95. The Bertz CT molecular complexity index is 459. The van der Waals surface area contributed by atoms with E-state index in [0.717, 1.165) is 24.8 Å². The molecule has 0 radical (unpaired) electrons. The molecule has 20 heavy (non-hydrogen) atoms. The molecule has 1 atom stereocenters. The number of rotatable bonds is 6. The minimum Gasteiger partial charge on any atom is -0.345 e. The molecule has 108 valence electrons. The van der Waals surface area contributed by atoms with E-state index in [1.807, 2.05) is 30.3 Å². The van der Waals surface area contributed by atoms with Gasteiger partial charge in [-0.05, 0) is 12.0 Å². The summed E-state index contributed by atoms with van der Waals surface area (Å²) < 4.78 is 0. The van der Waals surface area contributed by atoms with Crippen LogP contribution in [-0.2, 0) is 9.59 Å². The highest BCUT2D eigenvalue weighted by Crippen LogP contribution is 2.24. The summed E-state index contributed by atoms with van der Waals surface area (Å²) in [6.45, 7) is 2.94. The molecule has 0 aromatic heterocycles. The van der Waals surface area contributed by atoms with Crippen LogP contribution in [0.5, 0.6) is 0 Å². The molecule has 1 unspecified atom stereocenters. The summed E-state index contributed by atoms with van der Waals surface area (Å²) in [4.78, 5) is 26.0. The van der Waals surface area contributed by atoms with Crippen molar-refractivity contribution in [3.63, 3.8) is 0 Å². The summed E-state index contributed by atoms with van der Waals surface area (Å²) >= 11 is 0. The fourth-order valence-electron chi connectivity index (χ4n) is 2.58. The molecule has 0 saturated carbocycles. The van der Waals surface area contributed by atoms with Crippen LogP contribution in [0.4, 0.5) is 0 Å². The number of amides is 2. The zero-order valence-electron chi connectivity index (χ0n) is 12.0. The van der Waals surface area contributed by atoms with Crippen LogP contribution in [0, 0.1) is 0 Å². The summed E-state index contributed by atoms with van der Waals surface area (Å²) in [7, 11) is 0. The van der Waals surface area contributed by atoms with Crippen molar-refractivity contribution in [3.8, 4) is 0 Å². The SMILES string of the molecule is CCCCCCN1C(=O)CNC(=O)C1c1ccccc1. The number of nitrogens with zero attached hydrogens (tertiary/aromatic N) is 1. The Morgan fingerprint density at radius 1 is 1.15 bits per heavy atom. The van der Waals surface area contributed by atoms with Crippen LogP contribution in [0.15, 0.2) is 30.3 Å². The molecule has 4 heteroatoms. The molecule has 0 spiro atoms. The topological polar surface area (TPSA) is 49.4 Å². The molecule has 0 bridgehead atoms. The third-order valence-corrected chi connectivity index (χ3v) is 3.66. The molecule has 1 aromatic rings. The van der Waals surface area contributed by atoms with Crippen molar-refractivity contribution in [2.75, 3.05) is 13.1 Å². The smallest absolute Gasteiger partial charge is 0.247 e. The highest BCUT2D eigenvalue weighted by atomic mass is 16.2. The van der Waals surface area contributed by atoms with Gasteiger partial charge in [-0.25, -0.2) is 0 Å². The second kappa shape index (κ2) is 7.08. The van der Waals surface area contributed by atoms with Crippen LogP contribution < -0.4 is 5.32 Å². The third kappa shape index (κ3) is 3.38. The first-order valence-corrected chi connectivity index (χ1v) is 7.36. The Morgan fingerprint density at radius 2 is 1.90 bits per heavy atom. The predicted octanol–water partition coefficient (Wildman–Crippen LogP) is 2.27. The van der Waals surface area contributed by atoms with Gasteiger partial charge in [0.05, 0.1) is 6.54 Å². The van der Waals surface area contributed by atoms with E-state index in [1.165, 1.54) is 6.42 Å². The fourth-order valence-corrected chi connectivity index (χ4v) is 2.58. The van der Waals surface area contributed by atoms with Gasteiger partial charge in [0, 0.05) is 6.54 Å². The van der Waals surface area contributed by atoms with E-state index >= 15 is 0 Å². The van der Waals surface area contributed by atoms with Crippen molar-refractivity contribution < 1.29 is 9.59 Å².